The summed E-state index contributed by atoms with van der Waals surface area (Å²) in [6.45, 7) is 9.30. The first-order valence-corrected chi connectivity index (χ1v) is 7.93. The normalized spacial score (nSPS) is 19.8. The van der Waals surface area contributed by atoms with E-state index in [0.717, 1.165) is 6.54 Å². The van der Waals surface area contributed by atoms with E-state index in [4.69, 9.17) is 0 Å². The first-order chi connectivity index (χ1) is 8.88. The Morgan fingerprint density at radius 2 is 1.74 bits per heavy atom. The maximum absolute atomic E-state index is 11.9. The summed E-state index contributed by atoms with van der Waals surface area (Å²) in [5.41, 5.74) is 0.0905. The molecular formula is C16H32N2O. The minimum Gasteiger partial charge on any atom is -0.353 e. The van der Waals surface area contributed by atoms with Gasteiger partial charge in [0, 0.05) is 24.5 Å². The van der Waals surface area contributed by atoms with E-state index in [1.54, 1.807) is 0 Å². The highest BCUT2D eigenvalue weighted by Gasteiger charge is 2.20. The Balaban J connectivity index is 2.23. The molecule has 1 rings (SSSR count). The van der Waals surface area contributed by atoms with Crippen LogP contribution in [0.25, 0.3) is 0 Å². The fraction of sp³-hybridized carbons (Fsp3) is 0.938. The second kappa shape index (κ2) is 7.88. The van der Waals surface area contributed by atoms with Gasteiger partial charge in [-0.05, 0) is 46.5 Å². The molecule has 1 aliphatic rings. The first kappa shape index (κ1) is 16.5. The SMILES string of the molecule is C[C@@H](NC(=O)CCNC(C)(C)C)C1CCCCCC1. The third kappa shape index (κ3) is 7.56. The van der Waals surface area contributed by atoms with Gasteiger partial charge in [-0.15, -0.1) is 0 Å². The standard InChI is InChI=1S/C16H32N2O/c1-13(14-9-7-5-6-8-10-14)18-15(19)11-12-17-16(2,3)4/h13-14,17H,5-12H2,1-4H3,(H,18,19)/t13-/m1/s1. The van der Waals surface area contributed by atoms with Crippen molar-refractivity contribution in [2.45, 2.75) is 84.2 Å². The van der Waals surface area contributed by atoms with Crippen LogP contribution in [0.2, 0.25) is 0 Å². The molecule has 1 fully saturated rings. The van der Waals surface area contributed by atoms with Crippen molar-refractivity contribution >= 4 is 5.91 Å². The van der Waals surface area contributed by atoms with E-state index in [-0.39, 0.29) is 11.4 Å². The van der Waals surface area contributed by atoms with Crippen molar-refractivity contribution in [1.82, 2.24) is 10.6 Å². The van der Waals surface area contributed by atoms with E-state index in [0.29, 0.717) is 18.4 Å². The summed E-state index contributed by atoms with van der Waals surface area (Å²) in [4.78, 5) is 11.9. The predicted molar refractivity (Wildman–Crippen MR) is 81.2 cm³/mol. The van der Waals surface area contributed by atoms with E-state index < -0.39 is 0 Å². The highest BCUT2D eigenvalue weighted by Crippen LogP contribution is 2.25. The molecule has 0 radical (unpaired) electrons. The second-order valence-corrected chi connectivity index (χ2v) is 7.03. The molecule has 1 saturated carbocycles. The van der Waals surface area contributed by atoms with Gasteiger partial charge in [0.25, 0.3) is 0 Å². The summed E-state index contributed by atoms with van der Waals surface area (Å²) in [6.07, 6.45) is 8.53. The fourth-order valence-electron chi connectivity index (χ4n) is 2.81. The molecular weight excluding hydrogens is 236 g/mol. The molecule has 0 spiro atoms. The van der Waals surface area contributed by atoms with Crippen LogP contribution < -0.4 is 10.6 Å². The van der Waals surface area contributed by atoms with E-state index in [1.807, 2.05) is 0 Å². The molecule has 3 heteroatoms. The number of nitrogens with one attached hydrogen (secondary N) is 2. The lowest BCUT2D eigenvalue weighted by Gasteiger charge is -2.24. The van der Waals surface area contributed by atoms with Gasteiger partial charge >= 0.3 is 0 Å². The zero-order valence-corrected chi connectivity index (χ0v) is 13.2. The summed E-state index contributed by atoms with van der Waals surface area (Å²) in [6, 6.07) is 0.334. The van der Waals surface area contributed by atoms with Gasteiger partial charge in [0.1, 0.15) is 0 Å². The number of carbonyl (C=O) groups excluding carboxylic acids is 1. The van der Waals surface area contributed by atoms with Gasteiger partial charge in [-0.2, -0.15) is 0 Å². The Bertz CT molecular complexity index is 262. The number of carbonyl (C=O) groups is 1. The Labute approximate surface area is 118 Å². The molecule has 0 saturated heterocycles. The van der Waals surface area contributed by atoms with Crippen molar-refractivity contribution < 1.29 is 4.79 Å². The Morgan fingerprint density at radius 3 is 2.26 bits per heavy atom. The lowest BCUT2D eigenvalue weighted by Crippen LogP contribution is -2.41. The van der Waals surface area contributed by atoms with Crippen LogP contribution in [0.4, 0.5) is 0 Å². The summed E-state index contributed by atoms with van der Waals surface area (Å²) in [5.74, 6) is 0.871. The van der Waals surface area contributed by atoms with Gasteiger partial charge in [-0.3, -0.25) is 4.79 Å². The summed E-state index contributed by atoms with van der Waals surface area (Å²) >= 11 is 0. The topological polar surface area (TPSA) is 41.1 Å². The third-order valence-electron chi connectivity index (χ3n) is 4.00. The first-order valence-electron chi connectivity index (χ1n) is 7.93. The van der Waals surface area contributed by atoms with Crippen LogP contribution in [-0.2, 0) is 4.79 Å². The average molecular weight is 268 g/mol. The van der Waals surface area contributed by atoms with Crippen LogP contribution in [-0.4, -0.2) is 24.0 Å². The Morgan fingerprint density at radius 1 is 1.16 bits per heavy atom. The molecule has 112 valence electrons. The monoisotopic (exact) mass is 268 g/mol. The molecule has 0 heterocycles. The zero-order valence-electron chi connectivity index (χ0n) is 13.2. The molecule has 0 aromatic rings. The van der Waals surface area contributed by atoms with Gasteiger partial charge in [0.15, 0.2) is 0 Å². The summed E-state index contributed by atoms with van der Waals surface area (Å²) in [5, 5.41) is 6.54. The molecule has 0 unspecified atom stereocenters. The fourth-order valence-corrected chi connectivity index (χ4v) is 2.81. The smallest absolute Gasteiger partial charge is 0.221 e. The molecule has 0 aromatic heterocycles. The van der Waals surface area contributed by atoms with Crippen molar-refractivity contribution in [3.05, 3.63) is 0 Å². The largest absolute Gasteiger partial charge is 0.353 e. The van der Waals surface area contributed by atoms with Gasteiger partial charge in [-0.25, -0.2) is 0 Å². The molecule has 0 aliphatic heterocycles. The van der Waals surface area contributed by atoms with Gasteiger partial charge in [-0.1, -0.05) is 25.7 Å². The molecule has 0 bridgehead atoms. The van der Waals surface area contributed by atoms with Crippen molar-refractivity contribution in [2.24, 2.45) is 5.92 Å². The van der Waals surface area contributed by atoms with E-state index in [1.165, 1.54) is 38.5 Å². The second-order valence-electron chi connectivity index (χ2n) is 7.03. The van der Waals surface area contributed by atoms with Crippen LogP contribution in [0.15, 0.2) is 0 Å². The van der Waals surface area contributed by atoms with Crippen LogP contribution in [0.3, 0.4) is 0 Å². The van der Waals surface area contributed by atoms with Crippen LogP contribution >= 0.6 is 0 Å². The van der Waals surface area contributed by atoms with Gasteiger partial charge < -0.3 is 10.6 Å². The van der Waals surface area contributed by atoms with Gasteiger partial charge in [0.2, 0.25) is 5.91 Å². The highest BCUT2D eigenvalue weighted by molar-refractivity contribution is 5.76. The number of hydrogen-bond acceptors (Lipinski definition) is 2. The van der Waals surface area contributed by atoms with Gasteiger partial charge in [0.05, 0.1) is 0 Å². The van der Waals surface area contributed by atoms with Crippen molar-refractivity contribution in [2.75, 3.05) is 6.54 Å². The Kier molecular flexibility index (Phi) is 6.84. The number of rotatable bonds is 5. The van der Waals surface area contributed by atoms with E-state index in [2.05, 4.69) is 38.3 Å². The molecule has 0 aromatic carbocycles. The summed E-state index contributed by atoms with van der Waals surface area (Å²) in [7, 11) is 0. The molecule has 1 amide bonds. The predicted octanol–water partition coefficient (Wildman–Crippen LogP) is 3.24. The van der Waals surface area contributed by atoms with Crippen molar-refractivity contribution in [1.29, 1.82) is 0 Å². The van der Waals surface area contributed by atoms with Crippen LogP contribution in [0, 0.1) is 5.92 Å². The third-order valence-corrected chi connectivity index (χ3v) is 4.00. The minimum absolute atomic E-state index is 0.0905. The average Bonchev–Trinajstić information content (AvgIpc) is 2.55. The molecule has 2 N–H and O–H groups in total. The summed E-state index contributed by atoms with van der Waals surface area (Å²) < 4.78 is 0. The molecule has 19 heavy (non-hydrogen) atoms. The Hall–Kier alpha value is -0.570. The quantitative estimate of drug-likeness (QED) is 0.752. The van der Waals surface area contributed by atoms with Crippen molar-refractivity contribution in [3.8, 4) is 0 Å². The van der Waals surface area contributed by atoms with Crippen LogP contribution in [0.5, 0.6) is 0 Å². The van der Waals surface area contributed by atoms with Crippen LogP contribution in [0.1, 0.15) is 72.6 Å². The lowest BCUT2D eigenvalue weighted by atomic mass is 9.93. The maximum atomic E-state index is 11.9. The lowest BCUT2D eigenvalue weighted by molar-refractivity contribution is -0.122. The van der Waals surface area contributed by atoms with Crippen molar-refractivity contribution in [3.63, 3.8) is 0 Å². The van der Waals surface area contributed by atoms with E-state index in [9.17, 15) is 4.79 Å². The minimum atomic E-state index is 0.0905. The maximum Gasteiger partial charge on any atom is 0.221 e. The number of hydrogen-bond donors (Lipinski definition) is 2. The number of amides is 1. The highest BCUT2D eigenvalue weighted by atomic mass is 16.1. The molecule has 1 atom stereocenters. The zero-order chi connectivity index (χ0) is 14.3. The van der Waals surface area contributed by atoms with E-state index >= 15 is 0 Å². The molecule has 1 aliphatic carbocycles. The molecule has 3 nitrogen and oxygen atoms in total.